The normalized spacial score (nSPS) is 12.0. The highest BCUT2D eigenvalue weighted by Crippen LogP contribution is 2.46. The molecule has 0 aliphatic carbocycles. The van der Waals surface area contributed by atoms with E-state index in [0.29, 0.717) is 0 Å². The van der Waals surface area contributed by atoms with Crippen LogP contribution in [0.3, 0.4) is 0 Å². The highest BCUT2D eigenvalue weighted by molar-refractivity contribution is 6.29. The summed E-state index contributed by atoms with van der Waals surface area (Å²) < 4.78 is 0. The maximum Gasteiger partial charge on any atom is -0.00143 e. The third kappa shape index (κ3) is 4.28. The Morgan fingerprint density at radius 3 is 1.25 bits per heavy atom. The molecule has 0 amide bonds. The fourth-order valence-electron chi connectivity index (χ4n) is 8.94. The smallest absolute Gasteiger partial charge is 0.00143 e. The third-order valence-electron chi connectivity index (χ3n) is 11.5. The second-order valence-corrected chi connectivity index (χ2v) is 14.6. The minimum absolute atomic E-state index is 1.24. The van der Waals surface area contributed by atoms with Gasteiger partial charge in [-0.1, -0.05) is 169 Å². The molecule has 0 spiro atoms. The zero-order chi connectivity index (χ0) is 34.5. The molecule has 0 nitrogen and oxygen atoms in total. The Kier molecular flexibility index (Phi) is 6.19. The summed E-state index contributed by atoms with van der Waals surface area (Å²) in [6.45, 7) is 4.30. The predicted molar refractivity (Wildman–Crippen MR) is 225 cm³/mol. The second kappa shape index (κ2) is 11.0. The van der Waals surface area contributed by atoms with Crippen molar-refractivity contribution >= 4 is 64.6 Å². The van der Waals surface area contributed by atoms with Crippen LogP contribution in [0.4, 0.5) is 0 Å². The molecular weight excluding hydrogens is 625 g/mol. The van der Waals surface area contributed by atoms with E-state index in [9.17, 15) is 0 Å². The van der Waals surface area contributed by atoms with Crippen LogP contribution in [0.5, 0.6) is 0 Å². The third-order valence-corrected chi connectivity index (χ3v) is 11.5. The maximum absolute atomic E-state index is 2.40. The minimum Gasteiger partial charge on any atom is -0.0610 e. The molecule has 0 aliphatic rings. The van der Waals surface area contributed by atoms with Crippen molar-refractivity contribution in [3.05, 3.63) is 181 Å². The maximum atomic E-state index is 2.40. The van der Waals surface area contributed by atoms with Gasteiger partial charge in [-0.2, -0.15) is 0 Å². The fourth-order valence-corrected chi connectivity index (χ4v) is 8.94. The first kappa shape index (κ1) is 29.3. The molecular formula is C52H34. The molecule has 0 saturated heterocycles. The lowest BCUT2D eigenvalue weighted by atomic mass is 9.85. The summed E-state index contributed by atoms with van der Waals surface area (Å²) in [5.41, 5.74) is 12.7. The number of aryl methyl sites for hydroxylation is 2. The van der Waals surface area contributed by atoms with Crippen LogP contribution in [0.2, 0.25) is 0 Å². The first-order chi connectivity index (χ1) is 25.6. The highest BCUT2D eigenvalue weighted by Gasteiger charge is 2.18. The molecule has 0 heteroatoms. The van der Waals surface area contributed by atoms with Gasteiger partial charge in [0.05, 0.1) is 0 Å². The molecule has 0 bridgehead atoms. The van der Waals surface area contributed by atoms with E-state index in [4.69, 9.17) is 0 Å². The van der Waals surface area contributed by atoms with Crippen molar-refractivity contribution in [3.8, 4) is 44.5 Å². The molecule has 0 aromatic heterocycles. The summed E-state index contributed by atoms with van der Waals surface area (Å²) in [5, 5.41) is 15.7. The zero-order valence-electron chi connectivity index (χ0n) is 29.2. The van der Waals surface area contributed by atoms with Crippen molar-refractivity contribution in [1.82, 2.24) is 0 Å². The summed E-state index contributed by atoms with van der Waals surface area (Å²) in [7, 11) is 0. The summed E-state index contributed by atoms with van der Waals surface area (Å²) in [6.07, 6.45) is 0. The molecule has 11 aromatic rings. The predicted octanol–water partition coefficient (Wildman–Crippen LogP) is 14.8. The Balaban J connectivity index is 1.11. The van der Waals surface area contributed by atoms with E-state index in [0.717, 1.165) is 0 Å². The molecule has 0 heterocycles. The summed E-state index contributed by atoms with van der Waals surface area (Å²) >= 11 is 0. The number of benzene rings is 11. The summed E-state index contributed by atoms with van der Waals surface area (Å²) in [6, 6.07) is 64.0. The van der Waals surface area contributed by atoms with Gasteiger partial charge in [-0.3, -0.25) is 0 Å². The van der Waals surface area contributed by atoms with Crippen molar-refractivity contribution < 1.29 is 0 Å². The standard InChI is InChI=1S/C52H34/c1-31-9-13-33(14-10-31)41-22-17-36-21-25-45-42(23-18-37-20-24-44(41)50(36)51(37)45)38-6-4-7-39(29-38)43-27-28-47-48(34-15-11-32(2)12-16-34)30-40-8-3-5-35-19-26-46(43)52(47)49(35)40/h3-30H,1-2H3. The van der Waals surface area contributed by atoms with Gasteiger partial charge in [0.1, 0.15) is 0 Å². The van der Waals surface area contributed by atoms with Gasteiger partial charge in [0, 0.05) is 0 Å². The van der Waals surface area contributed by atoms with Crippen molar-refractivity contribution in [2.75, 3.05) is 0 Å². The largest absolute Gasteiger partial charge is 0.0610 e. The zero-order valence-corrected chi connectivity index (χ0v) is 29.2. The Morgan fingerprint density at radius 2 is 0.654 bits per heavy atom. The second-order valence-electron chi connectivity index (χ2n) is 14.6. The van der Waals surface area contributed by atoms with E-state index < -0.39 is 0 Å². The van der Waals surface area contributed by atoms with Gasteiger partial charge in [-0.05, 0) is 135 Å². The lowest BCUT2D eigenvalue weighted by molar-refractivity contribution is 1.47. The Labute approximate surface area is 302 Å². The lowest BCUT2D eigenvalue weighted by Crippen LogP contribution is -1.91. The van der Waals surface area contributed by atoms with E-state index in [1.54, 1.807) is 0 Å². The van der Waals surface area contributed by atoms with Gasteiger partial charge in [0.2, 0.25) is 0 Å². The number of hydrogen-bond acceptors (Lipinski definition) is 0. The van der Waals surface area contributed by atoms with Crippen LogP contribution in [-0.2, 0) is 0 Å². The average Bonchev–Trinajstić information content (AvgIpc) is 3.19. The molecule has 11 aromatic carbocycles. The van der Waals surface area contributed by atoms with E-state index in [2.05, 4.69) is 184 Å². The molecule has 0 fully saturated rings. The van der Waals surface area contributed by atoms with Crippen LogP contribution in [0, 0.1) is 13.8 Å². The van der Waals surface area contributed by atoms with E-state index in [-0.39, 0.29) is 0 Å². The molecule has 0 saturated carbocycles. The Hall–Kier alpha value is -6.50. The average molecular weight is 659 g/mol. The van der Waals surface area contributed by atoms with Crippen LogP contribution in [0.25, 0.3) is 109 Å². The highest BCUT2D eigenvalue weighted by atomic mass is 14.2. The summed E-state index contributed by atoms with van der Waals surface area (Å²) in [4.78, 5) is 0. The van der Waals surface area contributed by atoms with E-state index in [1.165, 1.54) is 120 Å². The number of hydrogen-bond donors (Lipinski definition) is 0. The lowest BCUT2D eigenvalue weighted by Gasteiger charge is -2.18. The molecule has 0 unspecified atom stereocenters. The van der Waals surface area contributed by atoms with Gasteiger partial charge < -0.3 is 0 Å². The van der Waals surface area contributed by atoms with Gasteiger partial charge in [-0.25, -0.2) is 0 Å². The SMILES string of the molecule is Cc1ccc(-c2ccc3ccc4c(-c5cccc(-c6ccc7c(-c8ccc(C)cc8)cc8cccc9ccc6c7c98)c5)ccc5ccc2c3c54)cc1. The van der Waals surface area contributed by atoms with Crippen LogP contribution in [0.1, 0.15) is 11.1 Å². The van der Waals surface area contributed by atoms with Gasteiger partial charge in [0.15, 0.2) is 0 Å². The molecule has 0 N–H and O–H groups in total. The minimum atomic E-state index is 1.24. The van der Waals surface area contributed by atoms with Crippen LogP contribution in [-0.4, -0.2) is 0 Å². The molecule has 242 valence electrons. The summed E-state index contributed by atoms with van der Waals surface area (Å²) in [5.74, 6) is 0. The van der Waals surface area contributed by atoms with Gasteiger partial charge >= 0.3 is 0 Å². The molecule has 11 rings (SSSR count). The monoisotopic (exact) mass is 658 g/mol. The molecule has 0 aliphatic heterocycles. The van der Waals surface area contributed by atoms with E-state index >= 15 is 0 Å². The van der Waals surface area contributed by atoms with Crippen molar-refractivity contribution in [1.29, 1.82) is 0 Å². The van der Waals surface area contributed by atoms with Crippen molar-refractivity contribution in [3.63, 3.8) is 0 Å². The van der Waals surface area contributed by atoms with Crippen molar-refractivity contribution in [2.24, 2.45) is 0 Å². The van der Waals surface area contributed by atoms with Gasteiger partial charge in [0.25, 0.3) is 0 Å². The molecule has 52 heavy (non-hydrogen) atoms. The van der Waals surface area contributed by atoms with E-state index in [1.807, 2.05) is 0 Å². The topological polar surface area (TPSA) is 0 Å². The van der Waals surface area contributed by atoms with Crippen molar-refractivity contribution in [2.45, 2.75) is 13.8 Å². The van der Waals surface area contributed by atoms with Crippen LogP contribution >= 0.6 is 0 Å². The quantitative estimate of drug-likeness (QED) is 0.165. The first-order valence-electron chi connectivity index (χ1n) is 18.2. The van der Waals surface area contributed by atoms with Gasteiger partial charge in [-0.15, -0.1) is 0 Å². The van der Waals surface area contributed by atoms with Crippen LogP contribution < -0.4 is 0 Å². The fraction of sp³-hybridized carbons (Fsp3) is 0.0385. The van der Waals surface area contributed by atoms with Crippen LogP contribution in [0.15, 0.2) is 170 Å². The molecule has 0 atom stereocenters. The first-order valence-corrected chi connectivity index (χ1v) is 18.2. The molecule has 0 radical (unpaired) electrons. The Morgan fingerprint density at radius 1 is 0.250 bits per heavy atom. The number of rotatable bonds is 4. The Bertz CT molecular complexity index is 3160.